The third kappa shape index (κ3) is 6.50. The van der Waals surface area contributed by atoms with Crippen LogP contribution in [0.15, 0.2) is 0 Å². The molecule has 1 amide bonds. The minimum atomic E-state index is -4.78. The van der Waals surface area contributed by atoms with Gasteiger partial charge in [-0.3, -0.25) is 8.98 Å². The van der Waals surface area contributed by atoms with Gasteiger partial charge in [0.2, 0.25) is 16.3 Å². The van der Waals surface area contributed by atoms with Gasteiger partial charge in [0.05, 0.1) is 31.5 Å². The number of nitrogens with one attached hydrogen (secondary N) is 1. The smallest absolute Gasteiger partial charge is 0.726 e. The molecule has 1 fully saturated rings. The molecule has 19 heavy (non-hydrogen) atoms. The molecule has 2 N–H and O–H groups in total. The first-order chi connectivity index (χ1) is 8.20. The molecule has 0 radical (unpaired) electrons. The summed E-state index contributed by atoms with van der Waals surface area (Å²) >= 11 is 0. The van der Waals surface area contributed by atoms with Crippen molar-refractivity contribution in [3.8, 4) is 0 Å². The number of hydrogen-bond acceptors (Lipinski definition) is 7. The van der Waals surface area contributed by atoms with Crippen molar-refractivity contribution in [3.63, 3.8) is 0 Å². The topological polar surface area (TPSA) is 125 Å². The van der Waals surface area contributed by atoms with E-state index in [1.807, 2.05) is 0 Å². The van der Waals surface area contributed by atoms with E-state index in [0.717, 1.165) is 0 Å². The van der Waals surface area contributed by atoms with Crippen LogP contribution in [-0.4, -0.2) is 55.4 Å². The van der Waals surface area contributed by atoms with Crippen LogP contribution in [0.3, 0.4) is 0 Å². The SMILES string of the molecule is CC(=O)NC1COC(COS(=O)(=O)[O-])C(C)C1O.[Na+]. The van der Waals surface area contributed by atoms with E-state index in [1.54, 1.807) is 6.92 Å². The van der Waals surface area contributed by atoms with E-state index in [4.69, 9.17) is 4.74 Å². The Bertz CT molecular complexity index is 401. The molecular weight excluding hydrogens is 289 g/mol. The summed E-state index contributed by atoms with van der Waals surface area (Å²) in [6.07, 6.45) is -1.61. The van der Waals surface area contributed by atoms with Crippen molar-refractivity contribution in [2.45, 2.75) is 32.1 Å². The van der Waals surface area contributed by atoms with Gasteiger partial charge in [-0.1, -0.05) is 6.92 Å². The largest absolute Gasteiger partial charge is 1.00 e. The maximum absolute atomic E-state index is 10.9. The predicted octanol–water partition coefficient (Wildman–Crippen LogP) is -4.63. The molecule has 0 bridgehead atoms. The normalized spacial score (nSPS) is 31.4. The Kier molecular flexibility index (Phi) is 8.00. The third-order valence-electron chi connectivity index (χ3n) is 2.79. The second-order valence-electron chi connectivity index (χ2n) is 4.22. The van der Waals surface area contributed by atoms with E-state index in [0.29, 0.717) is 0 Å². The molecule has 10 heteroatoms. The second-order valence-corrected chi connectivity index (χ2v) is 5.27. The summed E-state index contributed by atoms with van der Waals surface area (Å²) in [4.78, 5) is 10.9. The van der Waals surface area contributed by atoms with Crippen LogP contribution in [0.5, 0.6) is 0 Å². The zero-order valence-electron chi connectivity index (χ0n) is 11.0. The summed E-state index contributed by atoms with van der Waals surface area (Å²) in [5, 5.41) is 12.4. The zero-order chi connectivity index (χ0) is 13.9. The monoisotopic (exact) mass is 305 g/mol. The van der Waals surface area contributed by atoms with Gasteiger partial charge in [0, 0.05) is 12.8 Å². The molecule has 1 rings (SSSR count). The summed E-state index contributed by atoms with van der Waals surface area (Å²) in [5.41, 5.74) is 0. The Morgan fingerprint density at radius 2 is 2.16 bits per heavy atom. The van der Waals surface area contributed by atoms with Crippen LogP contribution in [0, 0.1) is 5.92 Å². The van der Waals surface area contributed by atoms with Crippen LogP contribution in [0.4, 0.5) is 0 Å². The van der Waals surface area contributed by atoms with Gasteiger partial charge in [-0.2, -0.15) is 0 Å². The van der Waals surface area contributed by atoms with Crippen LogP contribution in [0.1, 0.15) is 13.8 Å². The first-order valence-corrected chi connectivity index (χ1v) is 6.71. The Labute approximate surface area is 134 Å². The van der Waals surface area contributed by atoms with Crippen LogP contribution in [-0.2, 0) is 24.1 Å². The fraction of sp³-hybridized carbons (Fsp3) is 0.889. The summed E-state index contributed by atoms with van der Waals surface area (Å²) < 4.78 is 40.3. The quantitative estimate of drug-likeness (QED) is 0.304. The molecule has 4 unspecified atom stereocenters. The fourth-order valence-corrected chi connectivity index (χ4v) is 2.10. The maximum Gasteiger partial charge on any atom is 1.00 e. The van der Waals surface area contributed by atoms with Gasteiger partial charge in [-0.15, -0.1) is 0 Å². The van der Waals surface area contributed by atoms with E-state index in [2.05, 4.69) is 9.50 Å². The summed E-state index contributed by atoms with van der Waals surface area (Å²) in [6.45, 7) is 2.51. The van der Waals surface area contributed by atoms with Gasteiger partial charge in [-0.25, -0.2) is 8.42 Å². The van der Waals surface area contributed by atoms with Gasteiger partial charge in [-0.05, 0) is 0 Å². The molecule has 0 aromatic carbocycles. The number of aliphatic hydroxyl groups excluding tert-OH is 1. The van der Waals surface area contributed by atoms with E-state index in [-0.39, 0.29) is 42.1 Å². The predicted molar refractivity (Wildman–Crippen MR) is 58.2 cm³/mol. The van der Waals surface area contributed by atoms with E-state index in [1.165, 1.54) is 6.92 Å². The van der Waals surface area contributed by atoms with Gasteiger partial charge in [0.1, 0.15) is 0 Å². The van der Waals surface area contributed by atoms with Crippen molar-refractivity contribution in [1.29, 1.82) is 0 Å². The number of rotatable bonds is 4. The molecule has 8 nitrogen and oxygen atoms in total. The molecule has 0 saturated carbocycles. The Balaban J connectivity index is 0.00000324. The van der Waals surface area contributed by atoms with Crippen molar-refractivity contribution >= 4 is 16.3 Å². The van der Waals surface area contributed by atoms with Gasteiger partial charge >= 0.3 is 29.6 Å². The molecule has 1 heterocycles. The fourth-order valence-electron chi connectivity index (χ4n) is 1.80. The molecule has 0 aromatic heterocycles. The minimum absolute atomic E-state index is 0. The van der Waals surface area contributed by atoms with Gasteiger partial charge in [0.15, 0.2) is 0 Å². The molecule has 0 aromatic rings. The standard InChI is InChI=1S/C9H17NO7S.Na/c1-5-8(4-17-18(13,14)15)16-3-7(9(5)12)10-6(2)11;/h5,7-9,12H,3-4H2,1-2H3,(H,10,11)(H,13,14,15);/q;+1/p-1. The van der Waals surface area contributed by atoms with E-state index < -0.39 is 41.2 Å². The third-order valence-corrected chi connectivity index (χ3v) is 3.22. The number of carbonyl (C=O) groups is 1. The van der Waals surface area contributed by atoms with Crippen molar-refractivity contribution in [3.05, 3.63) is 0 Å². The zero-order valence-corrected chi connectivity index (χ0v) is 13.8. The number of amides is 1. The Hall–Kier alpha value is 0.260. The summed E-state index contributed by atoms with van der Waals surface area (Å²) in [5.74, 6) is -0.774. The van der Waals surface area contributed by atoms with Crippen LogP contribution in [0.2, 0.25) is 0 Å². The number of aliphatic hydroxyl groups is 1. The second kappa shape index (κ2) is 7.89. The molecule has 0 aliphatic carbocycles. The number of carbonyl (C=O) groups excluding carboxylic acids is 1. The van der Waals surface area contributed by atoms with Crippen molar-refractivity contribution < 1.29 is 61.3 Å². The van der Waals surface area contributed by atoms with E-state index >= 15 is 0 Å². The van der Waals surface area contributed by atoms with Crippen LogP contribution in [0.25, 0.3) is 0 Å². The molecule has 1 aliphatic heterocycles. The summed E-state index contributed by atoms with van der Waals surface area (Å²) in [6, 6.07) is -0.558. The number of ether oxygens (including phenoxy) is 1. The average Bonchev–Trinajstić information content (AvgIpc) is 2.22. The summed E-state index contributed by atoms with van der Waals surface area (Å²) in [7, 11) is -4.78. The van der Waals surface area contributed by atoms with Crippen LogP contribution >= 0.6 is 0 Å². The van der Waals surface area contributed by atoms with Gasteiger partial charge < -0.3 is 19.7 Å². The molecular formula is C9H16NNaO7S. The first-order valence-electron chi connectivity index (χ1n) is 5.37. The van der Waals surface area contributed by atoms with Crippen LogP contribution < -0.4 is 34.9 Å². The molecule has 4 atom stereocenters. The molecule has 1 aliphatic rings. The molecule has 106 valence electrons. The van der Waals surface area contributed by atoms with E-state index in [9.17, 15) is 22.9 Å². The van der Waals surface area contributed by atoms with Crippen molar-refractivity contribution in [2.24, 2.45) is 5.92 Å². The van der Waals surface area contributed by atoms with Crippen molar-refractivity contribution in [1.82, 2.24) is 5.32 Å². The Morgan fingerprint density at radius 1 is 1.58 bits per heavy atom. The Morgan fingerprint density at radius 3 is 2.63 bits per heavy atom. The minimum Gasteiger partial charge on any atom is -0.726 e. The maximum atomic E-state index is 10.9. The van der Waals surface area contributed by atoms with Crippen molar-refractivity contribution in [2.75, 3.05) is 13.2 Å². The van der Waals surface area contributed by atoms with Gasteiger partial charge in [0.25, 0.3) is 0 Å². The number of hydrogen-bond donors (Lipinski definition) is 2. The molecule has 0 spiro atoms. The first kappa shape index (κ1) is 19.3. The average molecular weight is 305 g/mol. The molecule has 1 saturated heterocycles.